The van der Waals surface area contributed by atoms with Crippen LogP contribution in [0.5, 0.6) is 0 Å². The largest absolute Gasteiger partial charge is 0.352 e. The van der Waals surface area contributed by atoms with Gasteiger partial charge in [0.2, 0.25) is 0 Å². The lowest BCUT2D eigenvalue weighted by molar-refractivity contribution is 0.159. The molecule has 32 heavy (non-hydrogen) atoms. The third-order valence-corrected chi connectivity index (χ3v) is 8.13. The van der Waals surface area contributed by atoms with Gasteiger partial charge in [-0.15, -0.1) is 11.3 Å². The Kier molecular flexibility index (Phi) is 5.17. The quantitative estimate of drug-likeness (QED) is 0.594. The molecule has 0 spiro atoms. The van der Waals surface area contributed by atoms with Gasteiger partial charge in [0.15, 0.2) is 5.82 Å². The molecule has 2 fully saturated rings. The van der Waals surface area contributed by atoms with Crippen molar-refractivity contribution < 1.29 is 4.79 Å². The van der Waals surface area contributed by atoms with E-state index in [2.05, 4.69) is 9.88 Å². The van der Waals surface area contributed by atoms with Crippen LogP contribution < -0.4 is 4.90 Å². The van der Waals surface area contributed by atoms with Gasteiger partial charge in [-0.05, 0) is 56.2 Å². The summed E-state index contributed by atoms with van der Waals surface area (Å²) in [5.74, 6) is 1.79. The molecule has 2 saturated heterocycles. The lowest BCUT2D eigenvalue weighted by Crippen LogP contribution is -2.52. The van der Waals surface area contributed by atoms with E-state index < -0.39 is 0 Å². The maximum absolute atomic E-state index is 12.8. The molecule has 1 aliphatic carbocycles. The molecule has 0 saturated carbocycles. The Morgan fingerprint density at radius 3 is 2.47 bits per heavy atom. The van der Waals surface area contributed by atoms with Crippen molar-refractivity contribution in [2.24, 2.45) is 0 Å². The second-order valence-corrected chi connectivity index (χ2v) is 10.0. The number of piperazine rings is 1. The molecule has 0 unspecified atom stereocenters. The van der Waals surface area contributed by atoms with Crippen molar-refractivity contribution in [2.75, 3.05) is 44.2 Å². The fourth-order valence-electron chi connectivity index (χ4n) is 5.21. The van der Waals surface area contributed by atoms with Gasteiger partial charge in [-0.1, -0.05) is 0 Å². The number of amides is 2. The van der Waals surface area contributed by atoms with E-state index >= 15 is 0 Å². The van der Waals surface area contributed by atoms with Crippen LogP contribution in [0.2, 0.25) is 0 Å². The number of pyridine rings is 1. The summed E-state index contributed by atoms with van der Waals surface area (Å²) in [7, 11) is 0. The van der Waals surface area contributed by atoms with Crippen LogP contribution in [-0.4, -0.2) is 70.1 Å². The fourth-order valence-corrected chi connectivity index (χ4v) is 6.46. The van der Waals surface area contributed by atoms with Gasteiger partial charge in [-0.3, -0.25) is 4.98 Å². The molecule has 2 aliphatic heterocycles. The van der Waals surface area contributed by atoms with Gasteiger partial charge in [-0.25, -0.2) is 14.8 Å². The minimum absolute atomic E-state index is 0.207. The van der Waals surface area contributed by atoms with Gasteiger partial charge in [0.25, 0.3) is 0 Å². The summed E-state index contributed by atoms with van der Waals surface area (Å²) in [6.45, 7) is 4.92. The summed E-state index contributed by atoms with van der Waals surface area (Å²) in [4.78, 5) is 36.2. The van der Waals surface area contributed by atoms with Crippen LogP contribution in [0.3, 0.4) is 0 Å². The van der Waals surface area contributed by atoms with E-state index in [9.17, 15) is 4.79 Å². The van der Waals surface area contributed by atoms with Gasteiger partial charge in [0.1, 0.15) is 10.6 Å². The molecule has 0 radical (unpaired) electrons. The maximum atomic E-state index is 12.8. The summed E-state index contributed by atoms with van der Waals surface area (Å²) >= 11 is 1.84. The number of carbonyl (C=O) groups excluding carboxylic acids is 1. The Balaban J connectivity index is 1.34. The molecular weight excluding hydrogens is 420 g/mol. The molecule has 3 aromatic rings. The van der Waals surface area contributed by atoms with Crippen molar-refractivity contribution in [3.8, 4) is 11.4 Å². The molecule has 0 aromatic carbocycles. The first-order valence-corrected chi connectivity index (χ1v) is 12.6. The van der Waals surface area contributed by atoms with Crippen molar-refractivity contribution in [1.82, 2.24) is 24.8 Å². The molecule has 3 aliphatic rings. The zero-order chi connectivity index (χ0) is 21.5. The second-order valence-electron chi connectivity index (χ2n) is 8.95. The number of likely N-dealkylation sites (tertiary alicyclic amines) is 1. The molecule has 7 nitrogen and oxygen atoms in total. The maximum Gasteiger partial charge on any atom is 0.320 e. The first-order valence-electron chi connectivity index (χ1n) is 11.8. The fraction of sp³-hybridized carbons (Fsp3) is 0.500. The number of anilines is 1. The Labute approximate surface area is 192 Å². The number of hydrogen-bond acceptors (Lipinski definition) is 6. The van der Waals surface area contributed by atoms with Gasteiger partial charge in [0.05, 0.1) is 5.39 Å². The molecule has 0 N–H and O–H groups in total. The number of aryl methyl sites for hydroxylation is 2. The van der Waals surface area contributed by atoms with Crippen molar-refractivity contribution in [2.45, 2.75) is 38.5 Å². The lowest BCUT2D eigenvalue weighted by atomic mass is 9.96. The molecule has 6 rings (SSSR count). The minimum Gasteiger partial charge on any atom is -0.352 e. The highest BCUT2D eigenvalue weighted by atomic mass is 32.1. The Morgan fingerprint density at radius 2 is 1.69 bits per heavy atom. The normalized spacial score (nSPS) is 18.9. The van der Waals surface area contributed by atoms with Crippen LogP contribution in [-0.2, 0) is 12.8 Å². The molecular formula is C24H28N6OS. The zero-order valence-electron chi connectivity index (χ0n) is 18.3. The topological polar surface area (TPSA) is 65.5 Å². The first-order chi connectivity index (χ1) is 15.8. The smallest absolute Gasteiger partial charge is 0.320 e. The number of carbonyl (C=O) groups is 1. The minimum atomic E-state index is 0.207. The van der Waals surface area contributed by atoms with Crippen molar-refractivity contribution in [1.29, 1.82) is 0 Å². The van der Waals surface area contributed by atoms with Crippen LogP contribution in [0, 0.1) is 0 Å². The summed E-state index contributed by atoms with van der Waals surface area (Å²) < 4.78 is 0. The third-order valence-electron chi connectivity index (χ3n) is 6.94. The number of nitrogens with zero attached hydrogens (tertiary/aromatic N) is 6. The van der Waals surface area contributed by atoms with Crippen LogP contribution in [0.15, 0.2) is 24.5 Å². The van der Waals surface area contributed by atoms with E-state index in [1.807, 2.05) is 39.5 Å². The van der Waals surface area contributed by atoms with Crippen molar-refractivity contribution in [3.63, 3.8) is 0 Å². The second kappa shape index (κ2) is 8.31. The summed E-state index contributed by atoms with van der Waals surface area (Å²) in [5.41, 5.74) is 2.41. The number of aromatic nitrogens is 3. The average Bonchev–Trinajstić information content (AvgIpc) is 3.52. The van der Waals surface area contributed by atoms with Crippen LogP contribution >= 0.6 is 11.3 Å². The van der Waals surface area contributed by atoms with E-state index in [-0.39, 0.29) is 6.03 Å². The van der Waals surface area contributed by atoms with Gasteiger partial charge in [0, 0.05) is 62.1 Å². The number of fused-ring (bicyclic) bond motifs is 3. The van der Waals surface area contributed by atoms with Crippen molar-refractivity contribution in [3.05, 3.63) is 35.0 Å². The molecule has 3 aromatic heterocycles. The monoisotopic (exact) mass is 448 g/mol. The van der Waals surface area contributed by atoms with E-state index in [1.54, 1.807) is 6.20 Å². The molecule has 2 amide bonds. The van der Waals surface area contributed by atoms with Crippen LogP contribution in [0.4, 0.5) is 10.6 Å². The summed E-state index contributed by atoms with van der Waals surface area (Å²) in [6, 6.07) is 4.17. The predicted molar refractivity (Wildman–Crippen MR) is 127 cm³/mol. The number of thiophene rings is 1. The Morgan fingerprint density at radius 1 is 0.906 bits per heavy atom. The molecule has 8 heteroatoms. The van der Waals surface area contributed by atoms with E-state index in [1.165, 1.54) is 28.7 Å². The zero-order valence-corrected chi connectivity index (χ0v) is 19.1. The highest BCUT2D eigenvalue weighted by Crippen LogP contribution is 2.41. The molecule has 0 atom stereocenters. The predicted octanol–water partition coefficient (Wildman–Crippen LogP) is 3.97. The van der Waals surface area contributed by atoms with Gasteiger partial charge < -0.3 is 14.7 Å². The number of rotatable bonds is 2. The number of urea groups is 1. The highest BCUT2D eigenvalue weighted by Gasteiger charge is 2.30. The molecule has 5 heterocycles. The summed E-state index contributed by atoms with van der Waals surface area (Å²) in [6.07, 6.45) is 10.6. The standard InChI is InChI=1S/C24H28N6OS/c31-24(29-10-3-4-11-29)30-14-12-28(13-15-30)22-20-18-7-1-2-8-19(18)32-23(20)27-21(26-22)17-6-5-9-25-16-17/h5-6,9,16H,1-4,7-8,10-15H2. The van der Waals surface area contributed by atoms with Gasteiger partial charge >= 0.3 is 6.03 Å². The van der Waals surface area contributed by atoms with Crippen molar-refractivity contribution >= 4 is 33.4 Å². The first kappa shape index (κ1) is 19.9. The summed E-state index contributed by atoms with van der Waals surface area (Å²) in [5, 5.41) is 1.25. The highest BCUT2D eigenvalue weighted by molar-refractivity contribution is 7.19. The lowest BCUT2D eigenvalue weighted by Gasteiger charge is -2.37. The SMILES string of the molecule is O=C(N1CCCC1)N1CCN(c2nc(-c3cccnc3)nc3sc4c(c23)CCCC4)CC1. The van der Waals surface area contributed by atoms with Crippen LogP contribution in [0.1, 0.15) is 36.1 Å². The molecule has 166 valence electrons. The van der Waals surface area contributed by atoms with E-state index in [0.29, 0.717) is 0 Å². The third kappa shape index (κ3) is 3.50. The Hall–Kier alpha value is -2.74. The average molecular weight is 449 g/mol. The number of hydrogen-bond donors (Lipinski definition) is 0. The molecule has 0 bridgehead atoms. The van der Waals surface area contributed by atoms with Crippen LogP contribution in [0.25, 0.3) is 21.6 Å². The van der Waals surface area contributed by atoms with Gasteiger partial charge in [-0.2, -0.15) is 0 Å². The van der Waals surface area contributed by atoms with E-state index in [4.69, 9.17) is 9.97 Å². The van der Waals surface area contributed by atoms with E-state index in [0.717, 1.165) is 87.0 Å². The Bertz CT molecular complexity index is 1130.